The predicted molar refractivity (Wildman–Crippen MR) is 69.2 cm³/mol. The van der Waals surface area contributed by atoms with Crippen LogP contribution in [0, 0.1) is 3.57 Å². The number of rotatable bonds is 4. The fourth-order valence-electron chi connectivity index (χ4n) is 1.10. The Morgan fingerprint density at radius 2 is 2.21 bits per heavy atom. The number of Topliss-reactive ketones (excluding diaryl/α,β-unsaturated/α-hetero) is 1. The summed E-state index contributed by atoms with van der Waals surface area (Å²) < 4.78 is 42.3. The van der Waals surface area contributed by atoms with Crippen LogP contribution >= 0.6 is 34.2 Å². The molecular formula is C10H8ClF3INO3. The number of halogens is 5. The maximum atomic E-state index is 12.3. The van der Waals surface area contributed by atoms with Crippen molar-refractivity contribution in [1.82, 2.24) is 4.98 Å². The van der Waals surface area contributed by atoms with Gasteiger partial charge >= 0.3 is 6.18 Å². The van der Waals surface area contributed by atoms with Crippen molar-refractivity contribution in [3.8, 4) is 5.75 Å². The average Bonchev–Trinajstić information content (AvgIpc) is 2.24. The van der Waals surface area contributed by atoms with Crippen LogP contribution in [0.2, 0.25) is 5.15 Å². The van der Waals surface area contributed by atoms with Gasteiger partial charge in [0.15, 0.2) is 22.8 Å². The van der Waals surface area contributed by atoms with Gasteiger partial charge in [0, 0.05) is 0 Å². The van der Waals surface area contributed by atoms with Crippen LogP contribution in [0.5, 0.6) is 5.75 Å². The lowest BCUT2D eigenvalue weighted by atomic mass is 10.2. The molecule has 0 fully saturated rings. The van der Waals surface area contributed by atoms with Crippen molar-refractivity contribution in [2.24, 2.45) is 0 Å². The van der Waals surface area contributed by atoms with Crippen molar-refractivity contribution >= 4 is 40.0 Å². The molecule has 19 heavy (non-hydrogen) atoms. The number of alkyl halides is 3. The summed E-state index contributed by atoms with van der Waals surface area (Å²) in [5.74, 6) is -0.262. The van der Waals surface area contributed by atoms with E-state index < -0.39 is 18.0 Å². The van der Waals surface area contributed by atoms with Crippen LogP contribution in [0.25, 0.3) is 0 Å². The second kappa shape index (κ2) is 6.23. The normalized spacial score (nSPS) is 13.2. The number of aliphatic hydroxyl groups excluding tert-OH is 1. The molecule has 0 saturated heterocycles. The van der Waals surface area contributed by atoms with E-state index in [-0.39, 0.29) is 26.9 Å². The van der Waals surface area contributed by atoms with Crippen LogP contribution in [-0.2, 0) is 4.79 Å². The predicted octanol–water partition coefficient (Wildman–Crippen LogP) is 2.90. The summed E-state index contributed by atoms with van der Waals surface area (Å²) >= 11 is 7.36. The first-order chi connectivity index (χ1) is 8.62. The lowest BCUT2D eigenvalue weighted by Gasteiger charge is -2.16. The summed E-state index contributed by atoms with van der Waals surface area (Å²) in [6, 6.07) is 1.00. The third-order valence-electron chi connectivity index (χ3n) is 1.92. The molecule has 1 unspecified atom stereocenters. The van der Waals surface area contributed by atoms with Crippen molar-refractivity contribution in [1.29, 1.82) is 0 Å². The number of carbonyl (C=O) groups is 1. The molecular weight excluding hydrogens is 401 g/mol. The lowest BCUT2D eigenvalue weighted by molar-refractivity contribution is -0.208. The third kappa shape index (κ3) is 4.46. The molecule has 9 heteroatoms. The molecule has 0 aliphatic heterocycles. The van der Waals surface area contributed by atoms with Crippen molar-refractivity contribution in [3.63, 3.8) is 0 Å². The molecule has 0 aromatic carbocycles. The zero-order valence-electron chi connectivity index (χ0n) is 9.46. The van der Waals surface area contributed by atoms with Gasteiger partial charge in [0.1, 0.15) is 6.61 Å². The highest BCUT2D eigenvalue weighted by Crippen LogP contribution is 2.36. The molecule has 1 N–H and O–H groups in total. The Morgan fingerprint density at radius 1 is 1.63 bits per heavy atom. The summed E-state index contributed by atoms with van der Waals surface area (Å²) in [5.41, 5.74) is -0.628. The van der Waals surface area contributed by atoms with Gasteiger partial charge in [0.25, 0.3) is 0 Å². The van der Waals surface area contributed by atoms with Crippen molar-refractivity contribution in [3.05, 3.63) is 20.5 Å². The number of ether oxygens (including phenoxy) is 1. The van der Waals surface area contributed by atoms with Crippen LogP contribution in [0.3, 0.4) is 0 Å². The Bertz CT molecular complexity index is 472. The van der Waals surface area contributed by atoms with Crippen LogP contribution in [0.15, 0.2) is 6.07 Å². The largest absolute Gasteiger partial charge is 0.481 e. The minimum absolute atomic E-state index is 0.00981. The molecule has 0 amide bonds. The topological polar surface area (TPSA) is 59.4 Å². The zero-order chi connectivity index (χ0) is 14.8. The molecule has 1 heterocycles. The minimum Gasteiger partial charge on any atom is -0.481 e. The van der Waals surface area contributed by atoms with E-state index in [2.05, 4.69) is 4.98 Å². The number of aromatic nitrogens is 1. The Labute approximate surface area is 125 Å². The highest BCUT2D eigenvalue weighted by molar-refractivity contribution is 14.1. The monoisotopic (exact) mass is 409 g/mol. The molecule has 0 bridgehead atoms. The second-order valence-electron chi connectivity index (χ2n) is 3.58. The van der Waals surface area contributed by atoms with Gasteiger partial charge in [-0.2, -0.15) is 13.2 Å². The summed E-state index contributed by atoms with van der Waals surface area (Å²) in [6.07, 6.45) is -7.55. The van der Waals surface area contributed by atoms with Crippen LogP contribution in [0.1, 0.15) is 18.7 Å². The summed E-state index contributed by atoms with van der Waals surface area (Å²) in [4.78, 5) is 14.2. The molecule has 1 aromatic heterocycles. The van der Waals surface area contributed by atoms with Crippen molar-refractivity contribution < 1.29 is 27.8 Å². The second-order valence-corrected chi connectivity index (χ2v) is 5.10. The molecule has 0 spiro atoms. The van der Waals surface area contributed by atoms with Gasteiger partial charge in [0.05, 0.1) is 9.26 Å². The lowest BCUT2D eigenvalue weighted by Crippen LogP contribution is -2.21. The first-order valence-electron chi connectivity index (χ1n) is 4.86. The van der Waals surface area contributed by atoms with E-state index in [1.54, 1.807) is 22.6 Å². The Balaban J connectivity index is 3.06. The Kier molecular flexibility index (Phi) is 5.39. The molecule has 4 nitrogen and oxygen atoms in total. The highest BCUT2D eigenvalue weighted by Gasteiger charge is 2.41. The van der Waals surface area contributed by atoms with Gasteiger partial charge < -0.3 is 9.84 Å². The van der Waals surface area contributed by atoms with Gasteiger partial charge in [-0.05, 0) is 35.6 Å². The summed E-state index contributed by atoms with van der Waals surface area (Å²) in [6.45, 7) is 1.02. The third-order valence-corrected chi connectivity index (χ3v) is 2.97. The molecule has 0 aliphatic rings. The van der Waals surface area contributed by atoms with E-state index in [1.165, 1.54) is 6.92 Å². The van der Waals surface area contributed by atoms with Crippen LogP contribution < -0.4 is 4.74 Å². The van der Waals surface area contributed by atoms with E-state index in [1.807, 2.05) is 0 Å². The molecule has 0 saturated carbocycles. The van der Waals surface area contributed by atoms with Gasteiger partial charge in [-0.25, -0.2) is 4.98 Å². The Hall–Kier alpha value is -0.610. The maximum absolute atomic E-state index is 12.3. The van der Waals surface area contributed by atoms with Gasteiger partial charge in [0.2, 0.25) is 0 Å². The molecule has 0 radical (unpaired) electrons. The van der Waals surface area contributed by atoms with E-state index in [0.29, 0.717) is 0 Å². The summed E-state index contributed by atoms with van der Waals surface area (Å²) in [5, 5.41) is 8.73. The quantitative estimate of drug-likeness (QED) is 0.614. The first kappa shape index (κ1) is 16.4. The number of pyridine rings is 1. The number of hydrogen-bond acceptors (Lipinski definition) is 4. The zero-order valence-corrected chi connectivity index (χ0v) is 12.4. The van der Waals surface area contributed by atoms with E-state index >= 15 is 0 Å². The van der Waals surface area contributed by atoms with E-state index in [0.717, 1.165) is 6.07 Å². The van der Waals surface area contributed by atoms with Gasteiger partial charge in [-0.3, -0.25) is 4.79 Å². The minimum atomic E-state index is -4.83. The molecule has 1 rings (SSSR count). The first-order valence-corrected chi connectivity index (χ1v) is 6.31. The standard InChI is InChI=1S/C10H8ClF3INO3/c1-4(17)3-19-7-5(15)2-6(16-9(7)11)8(18)10(12,13)14/h2,8,18H,3H2,1H3. The smallest absolute Gasteiger partial charge is 0.420 e. The fourth-order valence-corrected chi connectivity index (χ4v) is 2.24. The van der Waals surface area contributed by atoms with E-state index in [9.17, 15) is 18.0 Å². The molecule has 106 valence electrons. The molecule has 1 atom stereocenters. The number of nitrogens with zero attached hydrogens (tertiary/aromatic N) is 1. The number of carbonyl (C=O) groups excluding carboxylic acids is 1. The molecule has 1 aromatic rings. The Morgan fingerprint density at radius 3 is 2.63 bits per heavy atom. The van der Waals surface area contributed by atoms with Crippen molar-refractivity contribution in [2.75, 3.05) is 6.61 Å². The number of hydrogen-bond donors (Lipinski definition) is 1. The van der Waals surface area contributed by atoms with E-state index in [4.69, 9.17) is 21.4 Å². The maximum Gasteiger partial charge on any atom is 0.420 e. The van der Waals surface area contributed by atoms with Gasteiger partial charge in [-0.1, -0.05) is 11.6 Å². The van der Waals surface area contributed by atoms with Crippen LogP contribution in [0.4, 0.5) is 13.2 Å². The number of aliphatic hydroxyl groups is 1. The van der Waals surface area contributed by atoms with Crippen molar-refractivity contribution in [2.45, 2.75) is 19.2 Å². The fraction of sp³-hybridized carbons (Fsp3) is 0.400. The molecule has 0 aliphatic carbocycles. The SMILES string of the molecule is CC(=O)COc1c(I)cc(C(O)C(F)(F)F)nc1Cl. The van der Waals surface area contributed by atoms with Gasteiger partial charge in [-0.15, -0.1) is 0 Å². The average molecular weight is 410 g/mol. The highest BCUT2D eigenvalue weighted by atomic mass is 127. The van der Waals surface area contributed by atoms with Crippen LogP contribution in [-0.4, -0.2) is 28.7 Å². The number of ketones is 1. The summed E-state index contributed by atoms with van der Waals surface area (Å²) in [7, 11) is 0.